The van der Waals surface area contributed by atoms with E-state index in [2.05, 4.69) is 11.8 Å². The summed E-state index contributed by atoms with van der Waals surface area (Å²) in [7, 11) is -7.50. The minimum Gasteiger partial charge on any atom is -0.495 e. The molecule has 33 heavy (non-hydrogen) atoms. The first-order chi connectivity index (χ1) is 15.5. The van der Waals surface area contributed by atoms with Gasteiger partial charge < -0.3 is 4.74 Å². The molecular weight excluding hydrogens is 488 g/mol. The molecule has 3 N–H and O–H groups in total. The molecule has 0 fully saturated rings. The smallest absolute Gasteiger partial charge is 0.265 e. The van der Waals surface area contributed by atoms with Crippen molar-refractivity contribution < 1.29 is 26.4 Å². The molecule has 1 amide bonds. The van der Waals surface area contributed by atoms with E-state index < -0.39 is 35.7 Å². The number of hydrogen-bond donors (Lipinski definition) is 2. The Labute approximate surface area is 196 Å². The van der Waals surface area contributed by atoms with Crippen molar-refractivity contribution in [2.24, 2.45) is 5.14 Å². The van der Waals surface area contributed by atoms with E-state index in [1.807, 2.05) is 4.72 Å². The van der Waals surface area contributed by atoms with Crippen LogP contribution in [0, 0.1) is 11.8 Å². The number of primary sulfonamides is 1. The third-order valence-corrected chi connectivity index (χ3v) is 7.06. The summed E-state index contributed by atoms with van der Waals surface area (Å²) in [5.41, 5.74) is 1.13. The average molecular weight is 505 g/mol. The zero-order valence-electron chi connectivity index (χ0n) is 17.1. The highest BCUT2D eigenvalue weighted by Gasteiger charge is 2.26. The number of sulfonamides is 2. The Hall–Kier alpha value is -3.36. The van der Waals surface area contributed by atoms with Crippen molar-refractivity contribution in [3.63, 3.8) is 0 Å². The molecule has 3 aromatic rings. The molecule has 170 valence electrons. The maximum Gasteiger partial charge on any atom is 0.265 e. The van der Waals surface area contributed by atoms with Crippen molar-refractivity contribution in [3.8, 4) is 17.6 Å². The Morgan fingerprint density at radius 1 is 0.939 bits per heavy atom. The van der Waals surface area contributed by atoms with Crippen molar-refractivity contribution in [1.29, 1.82) is 0 Å². The Morgan fingerprint density at radius 2 is 1.58 bits per heavy atom. The van der Waals surface area contributed by atoms with E-state index in [0.29, 0.717) is 16.1 Å². The molecule has 11 heteroatoms. The molecule has 0 aliphatic heterocycles. The fourth-order valence-corrected chi connectivity index (χ4v) is 5.23. The minimum absolute atomic E-state index is 0.0412. The average Bonchev–Trinajstić information content (AvgIpc) is 2.77. The van der Waals surface area contributed by atoms with Crippen molar-refractivity contribution in [3.05, 3.63) is 88.4 Å². The Balaban J connectivity index is 1.89. The van der Waals surface area contributed by atoms with Gasteiger partial charge in [-0.1, -0.05) is 35.6 Å². The maximum absolute atomic E-state index is 12.7. The van der Waals surface area contributed by atoms with Crippen LogP contribution in [0.4, 0.5) is 0 Å². The molecule has 0 saturated heterocycles. The number of halogens is 1. The maximum atomic E-state index is 12.7. The van der Waals surface area contributed by atoms with Crippen LogP contribution in [0.25, 0.3) is 0 Å². The largest absolute Gasteiger partial charge is 0.495 e. The predicted octanol–water partition coefficient (Wildman–Crippen LogP) is 2.51. The van der Waals surface area contributed by atoms with Gasteiger partial charge in [-0.15, -0.1) is 0 Å². The number of nitrogens with two attached hydrogens (primary N) is 1. The highest BCUT2D eigenvalue weighted by atomic mass is 35.5. The fraction of sp³-hybridized carbons (Fsp3) is 0.0455. The van der Waals surface area contributed by atoms with Crippen LogP contribution in [0.15, 0.2) is 76.5 Å². The van der Waals surface area contributed by atoms with Crippen LogP contribution < -0.4 is 14.6 Å². The number of carbonyl (C=O) groups is 1. The second kappa shape index (κ2) is 9.64. The summed E-state index contributed by atoms with van der Waals surface area (Å²) in [5.74, 6) is 5.10. The molecule has 8 nitrogen and oxygen atoms in total. The summed E-state index contributed by atoms with van der Waals surface area (Å²) in [6.45, 7) is 0. The van der Waals surface area contributed by atoms with Gasteiger partial charge in [0.05, 0.1) is 12.7 Å². The van der Waals surface area contributed by atoms with Crippen molar-refractivity contribution >= 4 is 37.6 Å². The topological polar surface area (TPSA) is 133 Å². The van der Waals surface area contributed by atoms with E-state index in [-0.39, 0.29) is 11.3 Å². The Bertz CT molecular complexity index is 1490. The van der Waals surface area contributed by atoms with Crippen LogP contribution in [0.1, 0.15) is 21.5 Å². The van der Waals surface area contributed by atoms with Gasteiger partial charge in [0.25, 0.3) is 15.9 Å². The molecule has 0 radical (unpaired) electrons. The van der Waals surface area contributed by atoms with E-state index in [9.17, 15) is 21.6 Å². The summed E-state index contributed by atoms with van der Waals surface area (Å²) in [5, 5.41) is 5.67. The molecule has 0 unspecified atom stereocenters. The number of ether oxygens (including phenoxy) is 1. The molecule has 3 aromatic carbocycles. The van der Waals surface area contributed by atoms with Gasteiger partial charge in [0.1, 0.15) is 15.5 Å². The first-order valence-corrected chi connectivity index (χ1v) is 12.6. The lowest BCUT2D eigenvalue weighted by Gasteiger charge is -2.11. The van der Waals surface area contributed by atoms with Crippen LogP contribution in [0.2, 0.25) is 5.02 Å². The highest BCUT2D eigenvalue weighted by Crippen LogP contribution is 2.22. The number of benzene rings is 3. The van der Waals surface area contributed by atoms with Gasteiger partial charge in [0.2, 0.25) is 10.0 Å². The Kier molecular flexibility index (Phi) is 7.09. The molecule has 0 atom stereocenters. The SMILES string of the molecule is COc1cc(C(=O)NS(=O)(=O)c2ccccc2S(N)(=O)=O)ccc1C#Cc1ccc(Cl)cc1. The quantitative estimate of drug-likeness (QED) is 0.513. The van der Waals surface area contributed by atoms with Gasteiger partial charge in [-0.25, -0.2) is 26.7 Å². The Morgan fingerprint density at radius 3 is 2.18 bits per heavy atom. The lowest BCUT2D eigenvalue weighted by atomic mass is 10.1. The van der Waals surface area contributed by atoms with E-state index in [0.717, 1.165) is 12.1 Å². The third-order valence-electron chi connectivity index (χ3n) is 4.32. The molecular formula is C22H17ClN2O6S2. The molecule has 0 saturated carbocycles. The minimum atomic E-state index is -4.54. The predicted molar refractivity (Wildman–Crippen MR) is 123 cm³/mol. The second-order valence-electron chi connectivity index (χ2n) is 6.60. The number of hydrogen-bond acceptors (Lipinski definition) is 6. The van der Waals surface area contributed by atoms with E-state index >= 15 is 0 Å². The number of nitrogens with one attached hydrogen (secondary N) is 1. The number of rotatable bonds is 5. The number of methoxy groups -OCH3 is 1. The molecule has 0 aliphatic carbocycles. The van der Waals surface area contributed by atoms with Crippen LogP contribution in [-0.4, -0.2) is 29.9 Å². The standard InChI is InChI=1S/C22H17ClN2O6S2/c1-31-19-14-17(11-10-16(19)9-6-15-7-12-18(23)13-8-15)22(26)25-33(29,30)21-5-3-2-4-20(21)32(24,27)28/h2-5,7-8,10-14H,1H3,(H,25,26)(H2,24,27,28). The number of amides is 1. The second-order valence-corrected chi connectivity index (χ2v) is 10.2. The fourth-order valence-electron chi connectivity index (χ4n) is 2.75. The van der Waals surface area contributed by atoms with E-state index in [4.69, 9.17) is 21.5 Å². The van der Waals surface area contributed by atoms with Gasteiger partial charge in [-0.3, -0.25) is 4.79 Å². The summed E-state index contributed by atoms with van der Waals surface area (Å²) in [4.78, 5) is 11.3. The van der Waals surface area contributed by atoms with Gasteiger partial charge in [-0.2, -0.15) is 0 Å². The van der Waals surface area contributed by atoms with Crippen molar-refractivity contribution in [2.75, 3.05) is 7.11 Å². The van der Waals surface area contributed by atoms with Gasteiger partial charge >= 0.3 is 0 Å². The molecule has 3 rings (SSSR count). The molecule has 0 aliphatic rings. The van der Waals surface area contributed by atoms with Gasteiger partial charge in [0, 0.05) is 16.1 Å². The zero-order valence-corrected chi connectivity index (χ0v) is 19.5. The van der Waals surface area contributed by atoms with Gasteiger partial charge in [0.15, 0.2) is 0 Å². The van der Waals surface area contributed by atoms with Crippen molar-refractivity contribution in [1.82, 2.24) is 4.72 Å². The molecule has 0 aromatic heterocycles. The molecule has 0 bridgehead atoms. The molecule has 0 heterocycles. The first kappa shape index (κ1) is 24.3. The zero-order chi connectivity index (χ0) is 24.2. The normalized spacial score (nSPS) is 11.2. The summed E-state index contributed by atoms with van der Waals surface area (Å²) in [6.07, 6.45) is 0. The first-order valence-electron chi connectivity index (χ1n) is 9.16. The van der Waals surface area contributed by atoms with Crippen LogP contribution in [0.3, 0.4) is 0 Å². The number of carbonyl (C=O) groups excluding carboxylic acids is 1. The van der Waals surface area contributed by atoms with Crippen molar-refractivity contribution in [2.45, 2.75) is 9.79 Å². The summed E-state index contributed by atoms with van der Waals surface area (Å²) >= 11 is 5.85. The van der Waals surface area contributed by atoms with Crippen LogP contribution >= 0.6 is 11.6 Å². The monoisotopic (exact) mass is 504 g/mol. The van der Waals surface area contributed by atoms with E-state index in [1.165, 1.54) is 37.4 Å². The lowest BCUT2D eigenvalue weighted by molar-refractivity contribution is 0.0981. The van der Waals surface area contributed by atoms with Crippen LogP contribution in [0.5, 0.6) is 5.75 Å². The highest BCUT2D eigenvalue weighted by molar-refractivity contribution is 7.92. The summed E-state index contributed by atoms with van der Waals surface area (Å²) in [6, 6.07) is 15.8. The molecule has 0 spiro atoms. The van der Waals surface area contributed by atoms with E-state index in [1.54, 1.807) is 24.3 Å². The lowest BCUT2D eigenvalue weighted by Crippen LogP contribution is -2.32. The summed E-state index contributed by atoms with van der Waals surface area (Å²) < 4.78 is 55.9. The van der Waals surface area contributed by atoms with Gasteiger partial charge in [-0.05, 0) is 54.6 Å². The third kappa shape index (κ3) is 5.91. The van der Waals surface area contributed by atoms with Crippen LogP contribution in [-0.2, 0) is 20.0 Å².